The van der Waals surface area contributed by atoms with Gasteiger partial charge in [0.1, 0.15) is 11.9 Å². The quantitative estimate of drug-likeness (QED) is 0.759. The molecule has 114 valence electrons. The van der Waals surface area contributed by atoms with E-state index in [1.165, 1.54) is 6.26 Å². The largest absolute Gasteiger partial charge is 0.467 e. The number of hydrogen-bond donors (Lipinski definition) is 3. The van der Waals surface area contributed by atoms with Gasteiger partial charge in [-0.3, -0.25) is 4.68 Å². The summed E-state index contributed by atoms with van der Waals surface area (Å²) in [5.41, 5.74) is 0.612. The number of rotatable bonds is 6. The average Bonchev–Trinajstić information content (AvgIpc) is 3.07. The number of aliphatic hydroxyl groups excluding tert-OH is 1. The van der Waals surface area contributed by atoms with E-state index in [1.807, 2.05) is 0 Å². The highest BCUT2D eigenvalue weighted by Gasteiger charge is 2.12. The van der Waals surface area contributed by atoms with Gasteiger partial charge in [-0.25, -0.2) is 4.79 Å². The summed E-state index contributed by atoms with van der Waals surface area (Å²) in [5.74, 6) is 0.898. The maximum Gasteiger partial charge on any atom is 0.319 e. The Balaban J connectivity index is 1.78. The molecule has 0 aliphatic heterocycles. The molecule has 1 atom stereocenters. The zero-order valence-corrected chi connectivity index (χ0v) is 12.1. The van der Waals surface area contributed by atoms with E-state index < -0.39 is 12.1 Å². The van der Waals surface area contributed by atoms with Gasteiger partial charge in [-0.15, -0.1) is 0 Å². The van der Waals surface area contributed by atoms with Crippen LogP contribution < -0.4 is 10.6 Å². The van der Waals surface area contributed by atoms with E-state index >= 15 is 0 Å². The van der Waals surface area contributed by atoms with E-state index in [4.69, 9.17) is 4.42 Å². The minimum absolute atomic E-state index is 0.0689. The molecule has 2 heterocycles. The summed E-state index contributed by atoms with van der Waals surface area (Å²) in [6.45, 7) is 5.05. The lowest BCUT2D eigenvalue weighted by Gasteiger charge is -2.09. The van der Waals surface area contributed by atoms with E-state index in [0.717, 1.165) is 6.54 Å². The molecule has 21 heavy (non-hydrogen) atoms. The van der Waals surface area contributed by atoms with Crippen molar-refractivity contribution in [2.24, 2.45) is 5.92 Å². The third-order valence-corrected chi connectivity index (χ3v) is 2.77. The molecule has 0 aromatic carbocycles. The summed E-state index contributed by atoms with van der Waals surface area (Å²) in [6.07, 6.45) is 3.96. The van der Waals surface area contributed by atoms with Gasteiger partial charge >= 0.3 is 6.03 Å². The van der Waals surface area contributed by atoms with E-state index in [-0.39, 0.29) is 6.54 Å². The normalized spacial score (nSPS) is 12.4. The van der Waals surface area contributed by atoms with Crippen LogP contribution in [0.1, 0.15) is 25.7 Å². The van der Waals surface area contributed by atoms with Crippen molar-refractivity contribution in [1.29, 1.82) is 0 Å². The monoisotopic (exact) mass is 292 g/mol. The number of carbonyl (C=O) groups is 1. The molecule has 7 heteroatoms. The minimum Gasteiger partial charge on any atom is -0.467 e. The van der Waals surface area contributed by atoms with E-state index in [9.17, 15) is 9.90 Å². The predicted octanol–water partition coefficient (Wildman–Crippen LogP) is 1.99. The first kappa shape index (κ1) is 15.1. The fourth-order valence-corrected chi connectivity index (χ4v) is 1.85. The van der Waals surface area contributed by atoms with Crippen molar-refractivity contribution >= 4 is 11.7 Å². The topological polar surface area (TPSA) is 92.3 Å². The number of urea groups is 1. The molecule has 0 saturated carbocycles. The SMILES string of the molecule is CC(C)Cn1cc(NC(=O)NCC(O)c2ccco2)cn1. The molecular weight excluding hydrogens is 272 g/mol. The Morgan fingerprint density at radius 2 is 2.33 bits per heavy atom. The fraction of sp³-hybridized carbons (Fsp3) is 0.429. The Morgan fingerprint density at radius 1 is 1.52 bits per heavy atom. The highest BCUT2D eigenvalue weighted by Crippen LogP contribution is 2.12. The Bertz CT molecular complexity index is 563. The summed E-state index contributed by atoms with van der Waals surface area (Å²) in [6, 6.07) is 2.94. The van der Waals surface area contributed by atoms with E-state index in [1.54, 1.807) is 29.2 Å². The smallest absolute Gasteiger partial charge is 0.319 e. The molecule has 2 amide bonds. The molecule has 0 aliphatic carbocycles. The lowest BCUT2D eigenvalue weighted by Crippen LogP contribution is -2.32. The number of anilines is 1. The minimum atomic E-state index is -0.866. The first-order valence-electron chi connectivity index (χ1n) is 6.83. The van der Waals surface area contributed by atoms with Crippen LogP contribution in [0.25, 0.3) is 0 Å². The Kier molecular flexibility index (Phi) is 4.99. The first-order chi connectivity index (χ1) is 10.0. The molecule has 0 radical (unpaired) electrons. The maximum absolute atomic E-state index is 11.7. The standard InChI is InChI=1S/C14H20N4O3/c1-10(2)8-18-9-11(6-16-18)17-14(20)15-7-12(19)13-4-3-5-21-13/h3-6,9-10,12,19H,7-8H2,1-2H3,(H2,15,17,20). The Morgan fingerprint density at radius 3 is 3.00 bits per heavy atom. The number of nitrogens with one attached hydrogen (secondary N) is 2. The molecule has 7 nitrogen and oxygen atoms in total. The summed E-state index contributed by atoms with van der Waals surface area (Å²) >= 11 is 0. The van der Waals surface area contributed by atoms with Crippen molar-refractivity contribution in [1.82, 2.24) is 15.1 Å². The second-order valence-electron chi connectivity index (χ2n) is 5.21. The molecule has 0 fully saturated rings. The van der Waals surface area contributed by atoms with Gasteiger partial charge in [-0.05, 0) is 18.1 Å². The zero-order chi connectivity index (χ0) is 15.2. The van der Waals surface area contributed by atoms with Crippen LogP contribution in [0.5, 0.6) is 0 Å². The third kappa shape index (κ3) is 4.64. The van der Waals surface area contributed by atoms with Crippen LogP contribution in [0.4, 0.5) is 10.5 Å². The van der Waals surface area contributed by atoms with Gasteiger partial charge in [-0.2, -0.15) is 5.10 Å². The highest BCUT2D eigenvalue weighted by molar-refractivity contribution is 5.88. The van der Waals surface area contributed by atoms with Crippen molar-refractivity contribution in [3.05, 3.63) is 36.5 Å². The molecule has 0 aliphatic rings. The summed E-state index contributed by atoms with van der Waals surface area (Å²) in [7, 11) is 0. The Hall–Kier alpha value is -2.28. The number of aliphatic hydroxyl groups is 1. The van der Waals surface area contributed by atoms with Gasteiger partial charge in [-0.1, -0.05) is 13.8 Å². The fourth-order valence-electron chi connectivity index (χ4n) is 1.85. The molecule has 3 N–H and O–H groups in total. The van der Waals surface area contributed by atoms with Gasteiger partial charge in [0.05, 0.1) is 24.7 Å². The molecule has 0 spiro atoms. The summed E-state index contributed by atoms with van der Waals surface area (Å²) in [5, 5.41) is 19.2. The van der Waals surface area contributed by atoms with Gasteiger partial charge in [0.2, 0.25) is 0 Å². The van der Waals surface area contributed by atoms with E-state index in [0.29, 0.717) is 17.4 Å². The lowest BCUT2D eigenvalue weighted by molar-refractivity contribution is 0.149. The predicted molar refractivity (Wildman–Crippen MR) is 77.8 cm³/mol. The summed E-state index contributed by atoms with van der Waals surface area (Å²) < 4.78 is 6.83. The second kappa shape index (κ2) is 6.94. The number of furan rings is 1. The zero-order valence-electron chi connectivity index (χ0n) is 12.1. The van der Waals surface area contributed by atoms with Crippen molar-refractivity contribution in [2.75, 3.05) is 11.9 Å². The molecule has 0 saturated heterocycles. The van der Waals surface area contributed by atoms with Crippen molar-refractivity contribution in [3.8, 4) is 0 Å². The molecule has 2 rings (SSSR count). The van der Waals surface area contributed by atoms with Crippen LogP contribution in [0.15, 0.2) is 35.2 Å². The van der Waals surface area contributed by atoms with Gasteiger partial charge in [0.15, 0.2) is 0 Å². The van der Waals surface area contributed by atoms with Crippen LogP contribution in [0, 0.1) is 5.92 Å². The van der Waals surface area contributed by atoms with Crippen LogP contribution in [0.3, 0.4) is 0 Å². The van der Waals surface area contributed by atoms with Crippen molar-refractivity contribution < 1.29 is 14.3 Å². The van der Waals surface area contributed by atoms with Crippen molar-refractivity contribution in [2.45, 2.75) is 26.5 Å². The first-order valence-corrected chi connectivity index (χ1v) is 6.83. The van der Waals surface area contributed by atoms with E-state index in [2.05, 4.69) is 29.6 Å². The summed E-state index contributed by atoms with van der Waals surface area (Å²) in [4.78, 5) is 11.7. The highest BCUT2D eigenvalue weighted by atomic mass is 16.4. The van der Waals surface area contributed by atoms with Crippen molar-refractivity contribution in [3.63, 3.8) is 0 Å². The molecular formula is C14H20N4O3. The molecule has 2 aromatic heterocycles. The van der Waals surface area contributed by atoms with Gasteiger partial charge < -0.3 is 20.2 Å². The number of hydrogen-bond acceptors (Lipinski definition) is 4. The number of aromatic nitrogens is 2. The second-order valence-corrected chi connectivity index (χ2v) is 5.21. The molecule has 0 bridgehead atoms. The lowest BCUT2D eigenvalue weighted by atomic mass is 10.2. The van der Waals surface area contributed by atoms with Gasteiger partial charge in [0.25, 0.3) is 0 Å². The molecule has 2 aromatic rings. The number of carbonyl (C=O) groups excluding carboxylic acids is 1. The third-order valence-electron chi connectivity index (χ3n) is 2.77. The van der Waals surface area contributed by atoms with Crippen LogP contribution in [-0.2, 0) is 6.54 Å². The molecule has 1 unspecified atom stereocenters. The average molecular weight is 292 g/mol. The van der Waals surface area contributed by atoms with Gasteiger partial charge in [0, 0.05) is 12.7 Å². The van der Waals surface area contributed by atoms with Crippen LogP contribution in [-0.4, -0.2) is 27.5 Å². The maximum atomic E-state index is 11.7. The Labute approximate surface area is 123 Å². The number of amides is 2. The number of nitrogens with zero attached hydrogens (tertiary/aromatic N) is 2. The van der Waals surface area contributed by atoms with Crippen LogP contribution >= 0.6 is 0 Å². The van der Waals surface area contributed by atoms with Crippen LogP contribution in [0.2, 0.25) is 0 Å².